The van der Waals surface area contributed by atoms with E-state index in [0.29, 0.717) is 17.1 Å². The third kappa shape index (κ3) is 2.85. The molecule has 0 aliphatic heterocycles. The number of anilines is 2. The number of hydrogen-bond acceptors (Lipinski definition) is 3. The van der Waals surface area contributed by atoms with Gasteiger partial charge in [0, 0.05) is 23.3 Å². The van der Waals surface area contributed by atoms with Gasteiger partial charge in [-0.25, -0.2) is 4.98 Å². The molecule has 2 aromatic carbocycles. The zero-order valence-corrected chi connectivity index (χ0v) is 13.4. The molecule has 0 radical (unpaired) electrons. The third-order valence-electron chi connectivity index (χ3n) is 3.95. The van der Waals surface area contributed by atoms with E-state index in [-0.39, 0.29) is 5.91 Å². The van der Waals surface area contributed by atoms with Gasteiger partial charge in [0.05, 0.1) is 11.2 Å². The smallest absolute Gasteiger partial charge is 0.264 e. The van der Waals surface area contributed by atoms with Gasteiger partial charge >= 0.3 is 0 Å². The van der Waals surface area contributed by atoms with Crippen LogP contribution in [0.5, 0.6) is 0 Å². The molecule has 0 spiro atoms. The van der Waals surface area contributed by atoms with E-state index < -0.39 is 0 Å². The number of rotatable bonds is 3. The van der Waals surface area contributed by atoms with Crippen LogP contribution in [0, 0.1) is 0 Å². The molecule has 0 unspecified atom stereocenters. The number of pyridine rings is 2. The summed E-state index contributed by atoms with van der Waals surface area (Å²) < 4.78 is 0. The van der Waals surface area contributed by atoms with Crippen LogP contribution >= 0.6 is 0 Å². The number of benzene rings is 2. The van der Waals surface area contributed by atoms with Gasteiger partial charge in [-0.3, -0.25) is 14.7 Å². The molecule has 4 rings (SSSR count). The van der Waals surface area contributed by atoms with Crippen molar-refractivity contribution in [2.24, 2.45) is 0 Å². The quantitative estimate of drug-likeness (QED) is 0.552. The van der Waals surface area contributed by atoms with Gasteiger partial charge in [0.15, 0.2) is 0 Å². The van der Waals surface area contributed by atoms with Crippen LogP contribution in [0.1, 0.15) is 10.4 Å². The highest BCUT2D eigenvalue weighted by atomic mass is 16.2. The predicted octanol–water partition coefficient (Wildman–Crippen LogP) is 4.61. The number of para-hydroxylation sites is 1. The Bertz CT molecular complexity index is 1010. The van der Waals surface area contributed by atoms with E-state index in [1.807, 2.05) is 66.7 Å². The number of carbonyl (C=O) groups excluding carboxylic acids is 1. The summed E-state index contributed by atoms with van der Waals surface area (Å²) >= 11 is 0. The zero-order valence-electron chi connectivity index (χ0n) is 13.4. The first-order valence-electron chi connectivity index (χ1n) is 7.99. The number of aromatic nitrogens is 2. The van der Waals surface area contributed by atoms with Crippen molar-refractivity contribution in [1.29, 1.82) is 0 Å². The molecule has 0 aliphatic carbocycles. The monoisotopic (exact) mass is 325 g/mol. The third-order valence-corrected chi connectivity index (χ3v) is 3.95. The molecule has 0 saturated carbocycles. The van der Waals surface area contributed by atoms with Crippen molar-refractivity contribution in [3.8, 4) is 0 Å². The summed E-state index contributed by atoms with van der Waals surface area (Å²) in [5, 5.41) is 0.974. The minimum atomic E-state index is -0.141. The van der Waals surface area contributed by atoms with Gasteiger partial charge in [-0.05, 0) is 36.4 Å². The summed E-state index contributed by atoms with van der Waals surface area (Å²) in [6.07, 6.45) is 3.41. The Balaban J connectivity index is 1.93. The van der Waals surface area contributed by atoms with E-state index in [0.717, 1.165) is 10.9 Å². The Labute approximate surface area is 145 Å². The largest absolute Gasteiger partial charge is 0.268 e. The predicted molar refractivity (Wildman–Crippen MR) is 98.9 cm³/mol. The Morgan fingerprint density at radius 3 is 2.28 bits per heavy atom. The van der Waals surface area contributed by atoms with Gasteiger partial charge in [0.25, 0.3) is 5.91 Å². The number of nitrogens with zero attached hydrogens (tertiary/aromatic N) is 3. The molecule has 1 amide bonds. The molecule has 120 valence electrons. The minimum Gasteiger partial charge on any atom is -0.268 e. The summed E-state index contributed by atoms with van der Waals surface area (Å²) in [7, 11) is 0. The second-order valence-electron chi connectivity index (χ2n) is 5.55. The second kappa shape index (κ2) is 6.53. The van der Waals surface area contributed by atoms with Gasteiger partial charge in [-0.1, -0.05) is 42.5 Å². The van der Waals surface area contributed by atoms with Crippen molar-refractivity contribution in [2.45, 2.75) is 0 Å². The molecule has 0 N–H and O–H groups in total. The lowest BCUT2D eigenvalue weighted by atomic mass is 10.1. The van der Waals surface area contributed by atoms with Crippen molar-refractivity contribution >= 4 is 28.3 Å². The van der Waals surface area contributed by atoms with E-state index in [4.69, 9.17) is 0 Å². The molecule has 2 aromatic heterocycles. The number of hydrogen-bond donors (Lipinski definition) is 0. The van der Waals surface area contributed by atoms with Crippen LogP contribution in [0.25, 0.3) is 10.9 Å². The Kier molecular flexibility index (Phi) is 3.92. The average molecular weight is 325 g/mol. The number of amides is 1. The van der Waals surface area contributed by atoms with Crippen LogP contribution in [0.15, 0.2) is 91.3 Å². The van der Waals surface area contributed by atoms with Crippen LogP contribution in [0.4, 0.5) is 11.5 Å². The zero-order chi connectivity index (χ0) is 17.1. The van der Waals surface area contributed by atoms with Crippen molar-refractivity contribution < 1.29 is 4.79 Å². The molecule has 0 aliphatic rings. The van der Waals surface area contributed by atoms with Crippen LogP contribution in [-0.4, -0.2) is 15.9 Å². The van der Waals surface area contributed by atoms with Gasteiger partial charge in [-0.15, -0.1) is 0 Å². The number of carbonyl (C=O) groups is 1. The Morgan fingerprint density at radius 1 is 0.720 bits per heavy atom. The first-order valence-corrected chi connectivity index (χ1v) is 7.99. The molecule has 0 saturated heterocycles. The maximum Gasteiger partial charge on any atom is 0.264 e. The highest BCUT2D eigenvalue weighted by molar-refractivity contribution is 6.13. The molecule has 4 aromatic rings. The van der Waals surface area contributed by atoms with Crippen molar-refractivity contribution in [2.75, 3.05) is 4.90 Å². The lowest BCUT2D eigenvalue weighted by molar-refractivity contribution is 0.0999. The van der Waals surface area contributed by atoms with Crippen LogP contribution in [0.3, 0.4) is 0 Å². The molecule has 0 fully saturated rings. The van der Waals surface area contributed by atoms with Crippen molar-refractivity contribution in [1.82, 2.24) is 9.97 Å². The van der Waals surface area contributed by atoms with Crippen molar-refractivity contribution in [3.63, 3.8) is 0 Å². The van der Waals surface area contributed by atoms with Gasteiger partial charge in [-0.2, -0.15) is 0 Å². The van der Waals surface area contributed by atoms with E-state index >= 15 is 0 Å². The summed E-state index contributed by atoms with van der Waals surface area (Å²) in [4.78, 5) is 23.7. The summed E-state index contributed by atoms with van der Waals surface area (Å²) in [5.74, 6) is 0.423. The maximum absolute atomic E-state index is 13.2. The minimum absolute atomic E-state index is 0.141. The molecule has 4 nitrogen and oxygen atoms in total. The molecule has 25 heavy (non-hydrogen) atoms. The molecular weight excluding hydrogens is 310 g/mol. The van der Waals surface area contributed by atoms with E-state index in [9.17, 15) is 4.79 Å². The molecular formula is C21H15N3O. The second-order valence-corrected chi connectivity index (χ2v) is 5.55. The lowest BCUT2D eigenvalue weighted by Gasteiger charge is -2.23. The lowest BCUT2D eigenvalue weighted by Crippen LogP contribution is -2.27. The van der Waals surface area contributed by atoms with E-state index in [2.05, 4.69) is 9.97 Å². The van der Waals surface area contributed by atoms with Gasteiger partial charge in [0.1, 0.15) is 5.82 Å². The van der Waals surface area contributed by atoms with E-state index in [1.165, 1.54) is 0 Å². The highest BCUT2D eigenvalue weighted by Gasteiger charge is 2.22. The topological polar surface area (TPSA) is 46.1 Å². The van der Waals surface area contributed by atoms with Crippen molar-refractivity contribution in [3.05, 3.63) is 96.8 Å². The summed E-state index contributed by atoms with van der Waals surface area (Å²) in [6, 6.07) is 24.4. The fraction of sp³-hybridized carbons (Fsp3) is 0. The Morgan fingerprint density at radius 2 is 1.48 bits per heavy atom. The van der Waals surface area contributed by atoms with Crippen LogP contribution in [0.2, 0.25) is 0 Å². The molecule has 0 bridgehead atoms. The summed E-state index contributed by atoms with van der Waals surface area (Å²) in [5.41, 5.74) is 2.08. The summed E-state index contributed by atoms with van der Waals surface area (Å²) in [6.45, 7) is 0. The Hall–Kier alpha value is -3.53. The first kappa shape index (κ1) is 15.0. The van der Waals surface area contributed by atoms with Crippen LogP contribution < -0.4 is 4.90 Å². The van der Waals surface area contributed by atoms with Crippen LogP contribution in [-0.2, 0) is 0 Å². The van der Waals surface area contributed by atoms with Gasteiger partial charge < -0.3 is 0 Å². The molecule has 0 atom stereocenters. The fourth-order valence-electron chi connectivity index (χ4n) is 2.80. The highest BCUT2D eigenvalue weighted by Crippen LogP contribution is 2.31. The molecule has 2 heterocycles. The first-order chi connectivity index (χ1) is 12.3. The van der Waals surface area contributed by atoms with E-state index in [1.54, 1.807) is 29.4 Å². The SMILES string of the molecule is O=C(c1ccccc1)N(c1ccccn1)c1cccc2cccnc12. The standard InChI is InChI=1S/C21H15N3O/c25-21(17-8-2-1-3-9-17)24(19-13-4-5-14-22-19)18-12-6-10-16-11-7-15-23-20(16)18/h1-15H. The van der Waals surface area contributed by atoms with Gasteiger partial charge in [0.2, 0.25) is 0 Å². The maximum atomic E-state index is 13.2. The fourth-order valence-corrected chi connectivity index (χ4v) is 2.80. The normalized spacial score (nSPS) is 10.6. The average Bonchev–Trinajstić information content (AvgIpc) is 2.70. The number of fused-ring (bicyclic) bond motifs is 1. The molecule has 4 heteroatoms.